The van der Waals surface area contributed by atoms with Crippen LogP contribution in [0.2, 0.25) is 0 Å². The topological polar surface area (TPSA) is 90.1 Å². The number of hydrogen-bond acceptors (Lipinski definition) is 6. The molecule has 0 aliphatic heterocycles. The van der Waals surface area contributed by atoms with Crippen molar-refractivity contribution in [2.45, 2.75) is 13.0 Å². The van der Waals surface area contributed by atoms with E-state index in [2.05, 4.69) is 15.5 Å². The highest BCUT2D eigenvalue weighted by molar-refractivity contribution is 7.15. The van der Waals surface area contributed by atoms with Crippen LogP contribution >= 0.6 is 11.3 Å². The van der Waals surface area contributed by atoms with Crippen molar-refractivity contribution in [3.8, 4) is 0 Å². The van der Waals surface area contributed by atoms with Gasteiger partial charge < -0.3 is 15.8 Å². The summed E-state index contributed by atoms with van der Waals surface area (Å²) in [5.41, 5.74) is 6.54. The molecule has 6 nitrogen and oxygen atoms in total. The van der Waals surface area contributed by atoms with Gasteiger partial charge in [-0.3, -0.25) is 4.79 Å². The Bertz CT molecular complexity index is 559. The van der Waals surface area contributed by atoms with Crippen LogP contribution in [-0.2, 0) is 9.53 Å². The smallest absolute Gasteiger partial charge is 0.246 e. The minimum atomic E-state index is -0.362. The van der Waals surface area contributed by atoms with Crippen LogP contribution in [0, 0.1) is 0 Å². The number of carbonyl (C=O) groups is 1. The Labute approximate surface area is 121 Å². The van der Waals surface area contributed by atoms with Crippen molar-refractivity contribution in [2.24, 2.45) is 0 Å². The zero-order chi connectivity index (χ0) is 14.4. The first-order chi connectivity index (χ1) is 9.70. The highest BCUT2D eigenvalue weighted by Crippen LogP contribution is 2.25. The Kier molecular flexibility index (Phi) is 5.03. The van der Waals surface area contributed by atoms with Gasteiger partial charge in [-0.1, -0.05) is 41.7 Å². The van der Waals surface area contributed by atoms with Crippen molar-refractivity contribution in [1.82, 2.24) is 15.5 Å². The highest BCUT2D eigenvalue weighted by atomic mass is 32.1. The number of nitrogens with two attached hydrogens (primary N) is 1. The fourth-order valence-corrected chi connectivity index (χ4v) is 2.38. The van der Waals surface area contributed by atoms with Crippen LogP contribution in [-0.4, -0.2) is 29.3 Å². The van der Waals surface area contributed by atoms with Crippen molar-refractivity contribution < 1.29 is 9.53 Å². The number of aromatic nitrogens is 2. The van der Waals surface area contributed by atoms with Crippen LogP contribution in [0.25, 0.3) is 0 Å². The lowest BCUT2D eigenvalue weighted by molar-refractivity contribution is -0.126. The summed E-state index contributed by atoms with van der Waals surface area (Å²) in [5.74, 6) is -0.200. The van der Waals surface area contributed by atoms with Crippen LogP contribution in [0.15, 0.2) is 30.3 Å². The van der Waals surface area contributed by atoms with Crippen LogP contribution in [0.5, 0.6) is 0 Å². The second-order valence-corrected chi connectivity index (χ2v) is 5.07. The van der Waals surface area contributed by atoms with E-state index in [0.29, 0.717) is 16.7 Å². The molecule has 0 spiro atoms. The summed E-state index contributed by atoms with van der Waals surface area (Å²) in [6, 6.07) is 9.20. The Morgan fingerprint density at radius 3 is 2.75 bits per heavy atom. The summed E-state index contributed by atoms with van der Waals surface area (Å²) < 4.78 is 5.10. The van der Waals surface area contributed by atoms with Gasteiger partial charge in [0.2, 0.25) is 11.0 Å². The molecule has 0 saturated heterocycles. The lowest BCUT2D eigenvalue weighted by Gasteiger charge is -2.16. The van der Waals surface area contributed by atoms with Crippen molar-refractivity contribution in [3.05, 3.63) is 40.9 Å². The SMILES string of the molecule is CCOCC(=O)NC(c1ccccc1)c1nnc(N)s1. The van der Waals surface area contributed by atoms with Crippen molar-refractivity contribution >= 4 is 22.4 Å². The second kappa shape index (κ2) is 6.97. The maximum atomic E-state index is 11.9. The third-order valence-electron chi connectivity index (χ3n) is 2.58. The number of nitrogens with zero attached hydrogens (tertiary/aromatic N) is 2. The van der Waals surface area contributed by atoms with Gasteiger partial charge in [-0.15, -0.1) is 10.2 Å². The van der Waals surface area contributed by atoms with Gasteiger partial charge in [0, 0.05) is 6.61 Å². The molecule has 3 N–H and O–H groups in total. The molecule has 0 radical (unpaired) electrons. The molecule has 2 aromatic rings. The van der Waals surface area contributed by atoms with Gasteiger partial charge in [0.05, 0.1) is 0 Å². The van der Waals surface area contributed by atoms with Gasteiger partial charge in [-0.2, -0.15) is 0 Å². The number of benzene rings is 1. The van der Waals surface area contributed by atoms with E-state index in [4.69, 9.17) is 10.5 Å². The van der Waals surface area contributed by atoms with E-state index in [1.165, 1.54) is 11.3 Å². The number of nitrogen functional groups attached to an aromatic ring is 1. The molecule has 1 heterocycles. The van der Waals surface area contributed by atoms with Gasteiger partial charge in [-0.05, 0) is 12.5 Å². The van der Waals surface area contributed by atoms with Crippen molar-refractivity contribution in [3.63, 3.8) is 0 Å². The molecule has 1 amide bonds. The number of nitrogens with one attached hydrogen (secondary N) is 1. The lowest BCUT2D eigenvalue weighted by Crippen LogP contribution is -2.32. The number of ether oxygens (including phenoxy) is 1. The molecule has 0 aliphatic rings. The van der Waals surface area contributed by atoms with Gasteiger partial charge in [0.15, 0.2) is 0 Å². The molecule has 1 unspecified atom stereocenters. The molecular formula is C13H16N4O2S. The maximum absolute atomic E-state index is 11.9. The molecule has 1 aromatic carbocycles. The van der Waals surface area contributed by atoms with E-state index in [0.717, 1.165) is 5.56 Å². The number of rotatable bonds is 6. The number of hydrogen-bond donors (Lipinski definition) is 2. The second-order valence-electron chi connectivity index (χ2n) is 4.03. The molecule has 0 aliphatic carbocycles. The zero-order valence-corrected chi connectivity index (χ0v) is 11.9. The van der Waals surface area contributed by atoms with Crippen molar-refractivity contribution in [2.75, 3.05) is 18.9 Å². The summed E-state index contributed by atoms with van der Waals surface area (Å²) in [4.78, 5) is 11.9. The van der Waals surface area contributed by atoms with Crippen LogP contribution < -0.4 is 11.1 Å². The Morgan fingerprint density at radius 2 is 2.15 bits per heavy atom. The molecule has 0 bridgehead atoms. The largest absolute Gasteiger partial charge is 0.374 e. The molecule has 1 aromatic heterocycles. The summed E-state index contributed by atoms with van der Waals surface area (Å²) in [7, 11) is 0. The van der Waals surface area contributed by atoms with E-state index in [-0.39, 0.29) is 18.6 Å². The Hall–Kier alpha value is -1.99. The van der Waals surface area contributed by atoms with E-state index < -0.39 is 0 Å². The molecular weight excluding hydrogens is 276 g/mol. The molecule has 20 heavy (non-hydrogen) atoms. The maximum Gasteiger partial charge on any atom is 0.246 e. The molecule has 1 atom stereocenters. The van der Waals surface area contributed by atoms with Crippen molar-refractivity contribution in [1.29, 1.82) is 0 Å². The predicted molar refractivity (Wildman–Crippen MR) is 77.2 cm³/mol. The summed E-state index contributed by atoms with van der Waals surface area (Å²) in [6.45, 7) is 2.36. The minimum Gasteiger partial charge on any atom is -0.374 e. The standard InChI is InChI=1S/C13H16N4O2S/c1-2-19-8-10(18)15-11(9-6-4-3-5-7-9)12-16-17-13(14)20-12/h3-7,11H,2,8H2,1H3,(H2,14,17)(H,15,18). The fourth-order valence-electron chi connectivity index (χ4n) is 1.69. The molecule has 0 saturated carbocycles. The predicted octanol–water partition coefficient (Wildman–Crippen LogP) is 1.36. The third-order valence-corrected chi connectivity index (χ3v) is 3.40. The fraction of sp³-hybridized carbons (Fsp3) is 0.308. The first kappa shape index (κ1) is 14.4. The van der Waals surface area contributed by atoms with Gasteiger partial charge in [-0.25, -0.2) is 0 Å². The molecule has 106 valence electrons. The quantitative estimate of drug-likeness (QED) is 0.839. The van der Waals surface area contributed by atoms with Crippen LogP contribution in [0.3, 0.4) is 0 Å². The average Bonchev–Trinajstić information content (AvgIpc) is 2.90. The first-order valence-electron chi connectivity index (χ1n) is 6.21. The van der Waals surface area contributed by atoms with Gasteiger partial charge in [0.1, 0.15) is 17.7 Å². The van der Waals surface area contributed by atoms with Crippen LogP contribution in [0.4, 0.5) is 5.13 Å². The van der Waals surface area contributed by atoms with E-state index in [9.17, 15) is 4.79 Å². The van der Waals surface area contributed by atoms with Crippen LogP contribution in [0.1, 0.15) is 23.5 Å². The molecule has 7 heteroatoms. The first-order valence-corrected chi connectivity index (χ1v) is 7.03. The lowest BCUT2D eigenvalue weighted by atomic mass is 10.1. The Morgan fingerprint density at radius 1 is 1.40 bits per heavy atom. The van der Waals surface area contributed by atoms with Gasteiger partial charge in [0.25, 0.3) is 0 Å². The molecule has 0 fully saturated rings. The minimum absolute atomic E-state index is 0.0219. The summed E-state index contributed by atoms with van der Waals surface area (Å²) >= 11 is 1.26. The van der Waals surface area contributed by atoms with Gasteiger partial charge >= 0.3 is 0 Å². The van der Waals surface area contributed by atoms with E-state index >= 15 is 0 Å². The summed E-state index contributed by atoms with van der Waals surface area (Å²) in [6.07, 6.45) is 0. The van der Waals surface area contributed by atoms with E-state index in [1.807, 2.05) is 37.3 Å². The highest BCUT2D eigenvalue weighted by Gasteiger charge is 2.20. The zero-order valence-electron chi connectivity index (χ0n) is 11.1. The average molecular weight is 292 g/mol. The molecule has 2 rings (SSSR count). The third kappa shape index (κ3) is 3.75. The Balaban J connectivity index is 2.19. The summed E-state index contributed by atoms with van der Waals surface area (Å²) in [5, 5.41) is 11.7. The normalized spacial score (nSPS) is 12.1. The number of amides is 1. The number of anilines is 1. The van der Waals surface area contributed by atoms with E-state index in [1.54, 1.807) is 0 Å². The number of carbonyl (C=O) groups excluding carboxylic acids is 1. The monoisotopic (exact) mass is 292 g/mol.